The summed E-state index contributed by atoms with van der Waals surface area (Å²) in [5, 5.41) is 9.24. The Labute approximate surface area is 305 Å². The molecule has 2 heterocycles. The molecule has 1 unspecified atom stereocenters. The van der Waals surface area contributed by atoms with Gasteiger partial charge in [-0.15, -0.1) is 0 Å². The number of carbonyl (C=O) groups is 2. The zero-order valence-corrected chi connectivity index (χ0v) is 31.7. The maximum absolute atomic E-state index is 13.4. The van der Waals surface area contributed by atoms with Gasteiger partial charge in [-0.25, -0.2) is 0 Å². The zero-order valence-electron chi connectivity index (χ0n) is 31.7. The van der Waals surface area contributed by atoms with E-state index in [0.717, 1.165) is 76.7 Å². The third-order valence-corrected chi connectivity index (χ3v) is 10.6. The number of aliphatic hydroxyl groups is 1. The molecule has 3 aromatic rings. The van der Waals surface area contributed by atoms with Gasteiger partial charge in [-0.3, -0.25) is 14.5 Å². The molecular formula is C42H59N3O6. The number of nitrogens with zero attached hydrogens (tertiary/aromatic N) is 3. The van der Waals surface area contributed by atoms with Crippen LogP contribution in [0.4, 0.5) is 0 Å². The fourth-order valence-electron chi connectivity index (χ4n) is 8.04. The normalized spacial score (nSPS) is 17.8. The average Bonchev–Trinajstić information content (AvgIpc) is 3.62. The molecule has 9 nitrogen and oxygen atoms in total. The number of rotatable bonds is 14. The van der Waals surface area contributed by atoms with Gasteiger partial charge in [0.2, 0.25) is 11.7 Å². The molecule has 2 aliphatic rings. The van der Waals surface area contributed by atoms with E-state index in [-0.39, 0.29) is 24.0 Å². The van der Waals surface area contributed by atoms with Crippen LogP contribution in [0.5, 0.6) is 17.2 Å². The third-order valence-electron chi connectivity index (χ3n) is 10.6. The summed E-state index contributed by atoms with van der Waals surface area (Å²) >= 11 is 0. The molecule has 0 bridgehead atoms. The second kappa shape index (κ2) is 19.0. The highest BCUT2D eigenvalue weighted by Crippen LogP contribution is 2.42. The van der Waals surface area contributed by atoms with E-state index in [1.807, 2.05) is 39.0 Å². The van der Waals surface area contributed by atoms with E-state index in [2.05, 4.69) is 57.2 Å². The van der Waals surface area contributed by atoms with Crippen LogP contribution in [0.2, 0.25) is 0 Å². The first-order valence-electron chi connectivity index (χ1n) is 18.6. The summed E-state index contributed by atoms with van der Waals surface area (Å²) in [7, 11) is 4.67. The largest absolute Gasteiger partial charge is 0.493 e. The standard InChI is InChI=1S/C23H29NO4.C19H30N2O2/c1-5-11-23(18-9-7-6-8-10-18)12-13-24(16-23)22(25)17-14-19(26-2)21(28-4)20(15-17)27-3;1-3-10-19(11-4-2,17-8-6-5-7-9-17)18(23)21-14-12-20(16-22)13-15-21/h6-10,14-15H,5,11-13,16H2,1-4H3;5-9,22H,3-4,10-16H2,1-2H3. The number of methoxy groups -OCH3 is 3. The van der Waals surface area contributed by atoms with Crippen LogP contribution in [0, 0.1) is 0 Å². The van der Waals surface area contributed by atoms with Crippen molar-refractivity contribution in [3.05, 3.63) is 89.5 Å². The summed E-state index contributed by atoms with van der Waals surface area (Å²) in [6.45, 7) is 11.0. The molecule has 0 aliphatic carbocycles. The highest BCUT2D eigenvalue weighted by atomic mass is 16.5. The fraction of sp³-hybridized carbons (Fsp3) is 0.524. The van der Waals surface area contributed by atoms with E-state index >= 15 is 0 Å². The maximum Gasteiger partial charge on any atom is 0.254 e. The summed E-state index contributed by atoms with van der Waals surface area (Å²) < 4.78 is 16.2. The van der Waals surface area contributed by atoms with Gasteiger partial charge in [0.1, 0.15) is 0 Å². The molecule has 1 atom stereocenters. The van der Waals surface area contributed by atoms with Crippen LogP contribution in [0.15, 0.2) is 72.8 Å². The zero-order chi connectivity index (χ0) is 36.9. The number of ether oxygens (including phenoxy) is 3. The van der Waals surface area contributed by atoms with Crippen molar-refractivity contribution < 1.29 is 28.9 Å². The average molecular weight is 702 g/mol. The molecule has 2 amide bonds. The molecule has 0 spiro atoms. The minimum absolute atomic E-state index is 0.00633. The van der Waals surface area contributed by atoms with E-state index in [1.165, 1.54) is 5.56 Å². The van der Waals surface area contributed by atoms with Crippen molar-refractivity contribution >= 4 is 11.8 Å². The van der Waals surface area contributed by atoms with Gasteiger partial charge in [0.15, 0.2) is 11.5 Å². The second-order valence-electron chi connectivity index (χ2n) is 13.8. The number of likely N-dealkylation sites (tertiary alicyclic amines) is 1. The Bertz CT molecular complexity index is 1500. The van der Waals surface area contributed by atoms with Crippen molar-refractivity contribution in [3.63, 3.8) is 0 Å². The van der Waals surface area contributed by atoms with Crippen LogP contribution in [-0.4, -0.2) is 98.9 Å². The van der Waals surface area contributed by atoms with E-state index in [9.17, 15) is 14.7 Å². The Morgan fingerprint density at radius 3 is 1.80 bits per heavy atom. The lowest BCUT2D eigenvalue weighted by Crippen LogP contribution is -2.54. The molecule has 2 saturated heterocycles. The predicted molar refractivity (Wildman–Crippen MR) is 203 cm³/mol. The Hall–Kier alpha value is -4.08. The first-order valence-corrected chi connectivity index (χ1v) is 18.6. The molecule has 278 valence electrons. The van der Waals surface area contributed by atoms with Gasteiger partial charge in [-0.1, -0.05) is 101 Å². The minimum atomic E-state index is -0.397. The molecule has 51 heavy (non-hydrogen) atoms. The molecule has 3 aromatic carbocycles. The van der Waals surface area contributed by atoms with E-state index in [1.54, 1.807) is 33.5 Å². The Balaban J connectivity index is 0.000000233. The topological polar surface area (TPSA) is 91.8 Å². The molecule has 5 rings (SSSR count). The molecule has 0 aromatic heterocycles. The van der Waals surface area contributed by atoms with Crippen molar-refractivity contribution in [3.8, 4) is 17.2 Å². The van der Waals surface area contributed by atoms with Crippen LogP contribution >= 0.6 is 0 Å². The lowest BCUT2D eigenvalue weighted by molar-refractivity contribution is -0.140. The number of benzene rings is 3. The lowest BCUT2D eigenvalue weighted by Gasteiger charge is -2.41. The van der Waals surface area contributed by atoms with Crippen LogP contribution in [0.25, 0.3) is 0 Å². The van der Waals surface area contributed by atoms with E-state index in [0.29, 0.717) is 35.9 Å². The summed E-state index contributed by atoms with van der Waals surface area (Å²) in [6, 6.07) is 24.3. The van der Waals surface area contributed by atoms with Crippen molar-refractivity contribution in [2.45, 2.75) is 76.5 Å². The Kier molecular flexibility index (Phi) is 14.8. The number of hydrogen-bond acceptors (Lipinski definition) is 7. The molecule has 2 fully saturated rings. The number of aliphatic hydroxyl groups excluding tert-OH is 1. The monoisotopic (exact) mass is 701 g/mol. The van der Waals surface area contributed by atoms with Crippen molar-refractivity contribution in [2.24, 2.45) is 0 Å². The first kappa shape index (κ1) is 39.7. The molecule has 0 radical (unpaired) electrons. The second-order valence-corrected chi connectivity index (χ2v) is 13.8. The van der Waals surface area contributed by atoms with Gasteiger partial charge in [-0.2, -0.15) is 0 Å². The molecular weight excluding hydrogens is 642 g/mol. The number of amides is 2. The highest BCUT2D eigenvalue weighted by Gasteiger charge is 2.42. The van der Waals surface area contributed by atoms with Gasteiger partial charge in [-0.05, 0) is 48.9 Å². The molecule has 1 N–H and O–H groups in total. The van der Waals surface area contributed by atoms with Crippen LogP contribution in [0.3, 0.4) is 0 Å². The summed E-state index contributed by atoms with van der Waals surface area (Å²) in [5.74, 6) is 1.74. The van der Waals surface area contributed by atoms with Gasteiger partial charge in [0.05, 0.1) is 33.5 Å². The summed E-state index contributed by atoms with van der Waals surface area (Å²) in [6.07, 6.45) is 6.90. The quantitative estimate of drug-likeness (QED) is 0.195. The predicted octanol–water partition coefficient (Wildman–Crippen LogP) is 6.92. The summed E-state index contributed by atoms with van der Waals surface area (Å²) in [4.78, 5) is 32.7. The van der Waals surface area contributed by atoms with Gasteiger partial charge >= 0.3 is 0 Å². The van der Waals surface area contributed by atoms with E-state index in [4.69, 9.17) is 14.2 Å². The van der Waals surface area contributed by atoms with Gasteiger partial charge in [0, 0.05) is 50.2 Å². The molecule has 9 heteroatoms. The van der Waals surface area contributed by atoms with Crippen LogP contribution in [-0.2, 0) is 15.6 Å². The van der Waals surface area contributed by atoms with Crippen LogP contribution < -0.4 is 14.2 Å². The highest BCUT2D eigenvalue weighted by molar-refractivity contribution is 5.96. The number of piperazine rings is 1. The first-order chi connectivity index (χ1) is 24.8. The fourth-order valence-corrected chi connectivity index (χ4v) is 8.04. The van der Waals surface area contributed by atoms with E-state index < -0.39 is 5.41 Å². The SMILES string of the molecule is CCCC(CCC)(C(=O)N1CCN(CO)CC1)c1ccccc1.CCCC1(c2ccccc2)CCN(C(=O)c2cc(OC)c(OC)c(OC)c2)C1. The summed E-state index contributed by atoms with van der Waals surface area (Å²) in [5.41, 5.74) is 2.64. The Morgan fingerprint density at radius 1 is 0.745 bits per heavy atom. The van der Waals surface area contributed by atoms with Crippen molar-refractivity contribution in [1.29, 1.82) is 0 Å². The molecule has 2 aliphatic heterocycles. The maximum atomic E-state index is 13.4. The van der Waals surface area contributed by atoms with Gasteiger partial charge in [0.25, 0.3) is 5.91 Å². The number of carbonyl (C=O) groups excluding carboxylic acids is 2. The lowest BCUT2D eigenvalue weighted by atomic mass is 9.72. The number of hydrogen-bond donors (Lipinski definition) is 1. The molecule has 0 saturated carbocycles. The Morgan fingerprint density at radius 2 is 1.31 bits per heavy atom. The van der Waals surface area contributed by atoms with Gasteiger partial charge < -0.3 is 29.1 Å². The van der Waals surface area contributed by atoms with Crippen molar-refractivity contribution in [1.82, 2.24) is 14.7 Å². The van der Waals surface area contributed by atoms with Crippen molar-refractivity contribution in [2.75, 3.05) is 67.3 Å². The van der Waals surface area contributed by atoms with Crippen LogP contribution in [0.1, 0.15) is 87.2 Å². The smallest absolute Gasteiger partial charge is 0.254 e. The minimum Gasteiger partial charge on any atom is -0.493 e. The third kappa shape index (κ3) is 9.05.